The first kappa shape index (κ1) is 24.5. The molecule has 2 rings (SSSR count). The zero-order valence-electron chi connectivity index (χ0n) is 17.7. The van der Waals surface area contributed by atoms with Crippen LogP contribution in [0.15, 0.2) is 28.0 Å². The number of nitrogens with one attached hydrogen (secondary N) is 1. The topological polar surface area (TPSA) is 120 Å². The smallest absolute Gasteiger partial charge is 0.407 e. The molecule has 1 saturated heterocycles. The van der Waals surface area contributed by atoms with Crippen LogP contribution in [0.1, 0.15) is 46.1 Å². The summed E-state index contributed by atoms with van der Waals surface area (Å²) in [5.74, 6) is 0. The third-order valence-electron chi connectivity index (χ3n) is 4.47. The Morgan fingerprint density at radius 2 is 2.03 bits per heavy atom. The largest absolute Gasteiger partial charge is 0.444 e. The van der Waals surface area contributed by atoms with Crippen LogP contribution in [0.4, 0.5) is 4.79 Å². The minimum Gasteiger partial charge on any atom is -0.444 e. The third kappa shape index (κ3) is 6.60. The highest BCUT2D eigenvalue weighted by atomic mass is 32.2. The summed E-state index contributed by atoms with van der Waals surface area (Å²) in [7, 11) is -3.73. The minimum atomic E-state index is -3.73. The molecule has 8 nitrogen and oxygen atoms in total. The zero-order chi connectivity index (χ0) is 22.5. The lowest BCUT2D eigenvalue weighted by Gasteiger charge is -2.32. The monoisotopic (exact) mass is 455 g/mol. The Balaban J connectivity index is 2.08. The number of nitrogens with zero attached hydrogens (tertiary/aromatic N) is 2. The average molecular weight is 456 g/mol. The number of nitriles is 1. The van der Waals surface area contributed by atoms with Gasteiger partial charge in [-0.05, 0) is 51.8 Å². The van der Waals surface area contributed by atoms with Crippen LogP contribution in [-0.2, 0) is 14.8 Å². The molecule has 1 aliphatic heterocycles. The number of rotatable bonds is 6. The molecular formula is C20H29N3O5S2. The highest BCUT2D eigenvalue weighted by Gasteiger charge is 2.31. The molecule has 1 aromatic rings. The molecule has 0 radical (unpaired) electrons. The number of aliphatic hydroxyl groups excluding tert-OH is 1. The molecule has 0 spiro atoms. The molecule has 1 heterocycles. The zero-order valence-corrected chi connectivity index (χ0v) is 19.3. The van der Waals surface area contributed by atoms with Crippen molar-refractivity contribution < 1.29 is 23.1 Å². The van der Waals surface area contributed by atoms with Crippen molar-refractivity contribution in [3.8, 4) is 6.07 Å². The molecule has 0 aliphatic carbocycles. The highest BCUT2D eigenvalue weighted by molar-refractivity contribution is 8.00. The lowest BCUT2D eigenvalue weighted by molar-refractivity contribution is 0.0489. The third-order valence-corrected chi connectivity index (χ3v) is 7.51. The molecule has 1 atom stereocenters. The van der Waals surface area contributed by atoms with Crippen LogP contribution >= 0.6 is 11.8 Å². The fourth-order valence-electron chi connectivity index (χ4n) is 2.97. The number of alkyl carbamates (subject to hydrolysis) is 1. The number of sulfonamides is 1. The second-order valence-electron chi connectivity index (χ2n) is 8.21. The Labute approximate surface area is 182 Å². The van der Waals surface area contributed by atoms with Crippen LogP contribution < -0.4 is 5.32 Å². The molecule has 0 saturated carbocycles. The van der Waals surface area contributed by atoms with Gasteiger partial charge in [-0.2, -0.15) is 9.57 Å². The summed E-state index contributed by atoms with van der Waals surface area (Å²) in [6.45, 7) is 7.63. The molecular weight excluding hydrogens is 426 g/mol. The van der Waals surface area contributed by atoms with Gasteiger partial charge in [0.1, 0.15) is 11.7 Å². The van der Waals surface area contributed by atoms with Crippen molar-refractivity contribution in [3.63, 3.8) is 0 Å². The Kier molecular flexibility index (Phi) is 8.16. The first-order valence-electron chi connectivity index (χ1n) is 9.77. The van der Waals surface area contributed by atoms with Gasteiger partial charge in [-0.1, -0.05) is 6.92 Å². The molecule has 0 bridgehead atoms. The van der Waals surface area contributed by atoms with E-state index in [1.807, 2.05) is 0 Å². The van der Waals surface area contributed by atoms with E-state index < -0.39 is 21.7 Å². The predicted octanol–water partition coefficient (Wildman–Crippen LogP) is 2.71. The summed E-state index contributed by atoms with van der Waals surface area (Å²) in [6, 6.07) is 6.34. The van der Waals surface area contributed by atoms with Crippen LogP contribution in [0, 0.1) is 11.3 Å². The number of piperidine rings is 1. The van der Waals surface area contributed by atoms with Gasteiger partial charge >= 0.3 is 6.09 Å². The van der Waals surface area contributed by atoms with E-state index in [-0.39, 0.29) is 35.9 Å². The number of thioether (sulfide) groups is 1. The summed E-state index contributed by atoms with van der Waals surface area (Å²) in [5.41, 5.74) is -0.216. The van der Waals surface area contributed by atoms with Crippen molar-refractivity contribution >= 4 is 27.9 Å². The average Bonchev–Trinajstić information content (AvgIpc) is 2.66. The molecule has 1 fully saturated rings. The summed E-state index contributed by atoms with van der Waals surface area (Å²) < 4.78 is 32.8. The standard InChI is InChI=1S/C20H29N3O5S2/c1-14(13-24)29-18-11-17(6-5-15(18)12-21)30(26,27)23-9-7-16(8-10-23)22-19(25)28-20(2,3)4/h5-6,11,14,16,24H,7-10,13H2,1-4H3,(H,22,25). The first-order valence-corrected chi connectivity index (χ1v) is 12.1. The Morgan fingerprint density at radius 1 is 1.40 bits per heavy atom. The number of carbonyl (C=O) groups excluding carboxylic acids is 1. The van der Waals surface area contributed by atoms with Gasteiger partial charge in [-0.3, -0.25) is 0 Å². The van der Waals surface area contributed by atoms with Gasteiger partial charge in [0.15, 0.2) is 0 Å². The van der Waals surface area contributed by atoms with Crippen molar-refractivity contribution in [1.82, 2.24) is 9.62 Å². The molecule has 10 heteroatoms. The summed E-state index contributed by atoms with van der Waals surface area (Å²) >= 11 is 1.27. The predicted molar refractivity (Wildman–Crippen MR) is 115 cm³/mol. The van der Waals surface area contributed by atoms with Crippen molar-refractivity contribution in [3.05, 3.63) is 23.8 Å². The highest BCUT2D eigenvalue weighted by Crippen LogP contribution is 2.30. The molecule has 1 unspecified atom stereocenters. The SMILES string of the molecule is CC(CO)Sc1cc(S(=O)(=O)N2CCC(NC(=O)OC(C)(C)C)CC2)ccc1C#N. The molecule has 1 amide bonds. The van der Waals surface area contributed by atoms with Gasteiger partial charge < -0.3 is 15.2 Å². The van der Waals surface area contributed by atoms with E-state index in [0.29, 0.717) is 23.3 Å². The normalized spacial score (nSPS) is 17.2. The number of ether oxygens (including phenoxy) is 1. The molecule has 1 aromatic carbocycles. The van der Waals surface area contributed by atoms with E-state index in [4.69, 9.17) is 4.74 Å². The Morgan fingerprint density at radius 3 is 2.57 bits per heavy atom. The number of hydrogen-bond donors (Lipinski definition) is 2. The van der Waals surface area contributed by atoms with E-state index in [1.165, 1.54) is 34.3 Å². The maximum absolute atomic E-state index is 13.1. The van der Waals surface area contributed by atoms with Crippen molar-refractivity contribution in [2.45, 2.75) is 67.2 Å². The first-order chi connectivity index (χ1) is 14.0. The van der Waals surface area contributed by atoms with Crippen LogP contribution in [-0.4, -0.2) is 60.5 Å². The van der Waals surface area contributed by atoms with Crippen molar-refractivity contribution in [2.75, 3.05) is 19.7 Å². The number of amides is 1. The number of carbonyl (C=O) groups is 1. The number of benzene rings is 1. The van der Waals surface area contributed by atoms with E-state index >= 15 is 0 Å². The molecule has 2 N–H and O–H groups in total. The van der Waals surface area contributed by atoms with Gasteiger partial charge in [-0.25, -0.2) is 13.2 Å². The molecule has 30 heavy (non-hydrogen) atoms. The van der Waals surface area contributed by atoms with Gasteiger partial charge in [0.25, 0.3) is 0 Å². The van der Waals surface area contributed by atoms with E-state index in [1.54, 1.807) is 27.7 Å². The van der Waals surface area contributed by atoms with E-state index in [2.05, 4.69) is 11.4 Å². The fraction of sp³-hybridized carbons (Fsp3) is 0.600. The lowest BCUT2D eigenvalue weighted by atomic mass is 10.1. The van der Waals surface area contributed by atoms with Crippen LogP contribution in [0.5, 0.6) is 0 Å². The van der Waals surface area contributed by atoms with Crippen LogP contribution in [0.2, 0.25) is 0 Å². The molecule has 166 valence electrons. The molecule has 1 aliphatic rings. The summed E-state index contributed by atoms with van der Waals surface area (Å²) in [6.07, 6.45) is 0.464. The van der Waals surface area contributed by atoms with E-state index in [0.717, 1.165) is 0 Å². The Hall–Kier alpha value is -1.80. The van der Waals surface area contributed by atoms with Gasteiger partial charge in [0.05, 0.1) is 17.1 Å². The Bertz CT molecular complexity index is 898. The summed E-state index contributed by atoms with van der Waals surface area (Å²) in [5, 5.41) is 21.2. The van der Waals surface area contributed by atoms with Gasteiger partial charge in [0.2, 0.25) is 10.0 Å². The minimum absolute atomic E-state index is 0.0787. The second kappa shape index (κ2) is 10.0. The fourth-order valence-corrected chi connectivity index (χ4v) is 5.49. The van der Waals surface area contributed by atoms with Crippen molar-refractivity contribution in [1.29, 1.82) is 5.26 Å². The van der Waals surface area contributed by atoms with E-state index in [9.17, 15) is 23.6 Å². The number of aliphatic hydroxyl groups is 1. The van der Waals surface area contributed by atoms with Crippen molar-refractivity contribution in [2.24, 2.45) is 0 Å². The maximum atomic E-state index is 13.1. The van der Waals surface area contributed by atoms with Gasteiger partial charge in [0, 0.05) is 29.3 Å². The quantitative estimate of drug-likeness (QED) is 0.633. The van der Waals surface area contributed by atoms with Crippen LogP contribution in [0.3, 0.4) is 0 Å². The number of hydrogen-bond acceptors (Lipinski definition) is 7. The maximum Gasteiger partial charge on any atom is 0.407 e. The second-order valence-corrected chi connectivity index (χ2v) is 11.6. The summed E-state index contributed by atoms with van der Waals surface area (Å²) in [4.78, 5) is 12.6. The van der Waals surface area contributed by atoms with Gasteiger partial charge in [-0.15, -0.1) is 11.8 Å². The lowest BCUT2D eigenvalue weighted by Crippen LogP contribution is -2.47. The van der Waals surface area contributed by atoms with Crippen LogP contribution in [0.25, 0.3) is 0 Å². The molecule has 0 aromatic heterocycles.